The van der Waals surface area contributed by atoms with Crippen molar-refractivity contribution in [3.8, 4) is 0 Å². The quantitative estimate of drug-likeness (QED) is 0.803. The average Bonchev–Trinajstić information content (AvgIpc) is 2.36. The van der Waals surface area contributed by atoms with E-state index in [1.807, 2.05) is 0 Å². The van der Waals surface area contributed by atoms with Gasteiger partial charge in [0.05, 0.1) is 12.2 Å². The lowest BCUT2D eigenvalue weighted by atomic mass is 9.94. The minimum atomic E-state index is -0.0237. The average molecular weight is 270 g/mol. The van der Waals surface area contributed by atoms with Crippen molar-refractivity contribution < 1.29 is 4.74 Å². The molecule has 0 aliphatic carbocycles. The molecule has 0 aromatic rings. The lowest BCUT2D eigenvalue weighted by Crippen LogP contribution is -2.59. The number of ether oxygens (including phenoxy) is 1. The molecular weight excluding hydrogens is 236 g/mol. The Bertz CT molecular complexity index is 250. The lowest BCUT2D eigenvalue weighted by molar-refractivity contribution is -0.0266. The second-order valence-electron chi connectivity index (χ2n) is 6.92. The van der Waals surface area contributed by atoms with Crippen molar-refractivity contribution in [1.82, 2.24) is 10.2 Å². The number of hydrogen-bond donors (Lipinski definition) is 1. The van der Waals surface area contributed by atoms with E-state index < -0.39 is 0 Å². The molecule has 1 heterocycles. The highest BCUT2D eigenvalue weighted by atomic mass is 16.5. The fraction of sp³-hybridized carbons (Fsp3) is 1.00. The molecule has 0 bridgehead atoms. The van der Waals surface area contributed by atoms with E-state index in [1.54, 1.807) is 0 Å². The molecular formula is C16H34N2O. The molecule has 3 nitrogen and oxygen atoms in total. The maximum absolute atomic E-state index is 5.90. The van der Waals surface area contributed by atoms with Crippen LogP contribution in [0.3, 0.4) is 0 Å². The fourth-order valence-corrected chi connectivity index (χ4v) is 2.73. The molecule has 1 saturated heterocycles. The van der Waals surface area contributed by atoms with Crippen LogP contribution in [-0.2, 0) is 4.74 Å². The first-order chi connectivity index (χ1) is 8.87. The van der Waals surface area contributed by atoms with Gasteiger partial charge in [-0.05, 0) is 33.1 Å². The molecule has 0 aromatic heterocycles. The minimum Gasteiger partial charge on any atom is -0.375 e. The molecule has 0 amide bonds. The van der Waals surface area contributed by atoms with Gasteiger partial charge in [-0.3, -0.25) is 4.90 Å². The normalized spacial score (nSPS) is 27.5. The smallest absolute Gasteiger partial charge is 0.0600 e. The van der Waals surface area contributed by atoms with E-state index in [0.717, 1.165) is 25.6 Å². The number of hydrogen-bond acceptors (Lipinski definition) is 3. The summed E-state index contributed by atoms with van der Waals surface area (Å²) in [5, 5.41) is 3.69. The molecule has 1 N–H and O–H groups in total. The first-order valence-electron chi connectivity index (χ1n) is 7.98. The van der Waals surface area contributed by atoms with Crippen molar-refractivity contribution in [3.63, 3.8) is 0 Å². The van der Waals surface area contributed by atoms with Crippen molar-refractivity contribution in [2.45, 2.75) is 72.1 Å². The topological polar surface area (TPSA) is 24.5 Å². The van der Waals surface area contributed by atoms with Crippen molar-refractivity contribution in [2.75, 3.05) is 26.2 Å². The van der Waals surface area contributed by atoms with E-state index in [4.69, 9.17) is 4.74 Å². The minimum absolute atomic E-state index is 0.0237. The third-order valence-corrected chi connectivity index (χ3v) is 4.25. The highest BCUT2D eigenvalue weighted by molar-refractivity contribution is 4.88. The Morgan fingerprint density at radius 1 is 1.32 bits per heavy atom. The Morgan fingerprint density at radius 2 is 2.00 bits per heavy atom. The summed E-state index contributed by atoms with van der Waals surface area (Å²) < 4.78 is 5.90. The number of piperazine rings is 1. The van der Waals surface area contributed by atoms with E-state index >= 15 is 0 Å². The Balaban J connectivity index is 2.51. The summed E-state index contributed by atoms with van der Waals surface area (Å²) in [6.45, 7) is 17.5. The van der Waals surface area contributed by atoms with Gasteiger partial charge in [0.15, 0.2) is 0 Å². The number of rotatable bonds is 6. The monoisotopic (exact) mass is 270 g/mol. The molecule has 1 fully saturated rings. The van der Waals surface area contributed by atoms with Crippen molar-refractivity contribution >= 4 is 0 Å². The lowest BCUT2D eigenvalue weighted by Gasteiger charge is -2.43. The highest BCUT2D eigenvalue weighted by Crippen LogP contribution is 2.19. The first kappa shape index (κ1) is 16.9. The van der Waals surface area contributed by atoms with Crippen LogP contribution in [-0.4, -0.2) is 48.8 Å². The summed E-state index contributed by atoms with van der Waals surface area (Å²) in [5.74, 6) is 0.750. The summed E-state index contributed by atoms with van der Waals surface area (Å²) >= 11 is 0. The van der Waals surface area contributed by atoms with Gasteiger partial charge in [0.2, 0.25) is 0 Å². The van der Waals surface area contributed by atoms with Crippen molar-refractivity contribution in [1.29, 1.82) is 0 Å². The standard InChI is InChI=1S/C16H34N2O/c1-7-13(3)15-11-17-14(8-2)12-18(15)9-10-19-16(4,5)6/h13-15,17H,7-12H2,1-6H3. The summed E-state index contributed by atoms with van der Waals surface area (Å²) in [6.07, 6.45) is 2.46. The van der Waals surface area contributed by atoms with Gasteiger partial charge in [-0.2, -0.15) is 0 Å². The maximum Gasteiger partial charge on any atom is 0.0600 e. The van der Waals surface area contributed by atoms with Crippen LogP contribution < -0.4 is 5.32 Å². The predicted octanol–water partition coefficient (Wildman–Crippen LogP) is 2.90. The second kappa shape index (κ2) is 7.61. The van der Waals surface area contributed by atoms with Crippen LogP contribution in [0.4, 0.5) is 0 Å². The molecule has 3 heteroatoms. The van der Waals surface area contributed by atoms with Gasteiger partial charge < -0.3 is 10.1 Å². The SMILES string of the molecule is CCC1CN(CCOC(C)(C)C)C(C(C)CC)CN1. The van der Waals surface area contributed by atoms with Gasteiger partial charge in [0.25, 0.3) is 0 Å². The molecule has 0 saturated carbocycles. The maximum atomic E-state index is 5.90. The Hall–Kier alpha value is -0.120. The number of nitrogens with one attached hydrogen (secondary N) is 1. The van der Waals surface area contributed by atoms with Crippen LogP contribution in [0.5, 0.6) is 0 Å². The van der Waals surface area contributed by atoms with E-state index in [2.05, 4.69) is 51.8 Å². The van der Waals surface area contributed by atoms with Crippen molar-refractivity contribution in [2.24, 2.45) is 5.92 Å². The van der Waals surface area contributed by atoms with Crippen LogP contribution in [0.25, 0.3) is 0 Å². The number of nitrogens with zero attached hydrogens (tertiary/aromatic N) is 1. The van der Waals surface area contributed by atoms with Gasteiger partial charge in [-0.1, -0.05) is 27.2 Å². The molecule has 114 valence electrons. The van der Waals surface area contributed by atoms with Crippen molar-refractivity contribution in [3.05, 3.63) is 0 Å². The highest BCUT2D eigenvalue weighted by Gasteiger charge is 2.30. The van der Waals surface area contributed by atoms with Crippen LogP contribution in [0.2, 0.25) is 0 Å². The van der Waals surface area contributed by atoms with E-state index in [1.165, 1.54) is 19.4 Å². The van der Waals surface area contributed by atoms with Crippen LogP contribution in [0, 0.1) is 5.92 Å². The van der Waals surface area contributed by atoms with Crippen LogP contribution >= 0.6 is 0 Å². The third-order valence-electron chi connectivity index (χ3n) is 4.25. The molecule has 19 heavy (non-hydrogen) atoms. The van der Waals surface area contributed by atoms with Gasteiger partial charge in [0, 0.05) is 31.7 Å². The molecule has 1 aliphatic rings. The molecule has 3 unspecified atom stereocenters. The molecule has 0 aromatic carbocycles. The Morgan fingerprint density at radius 3 is 2.53 bits per heavy atom. The van der Waals surface area contributed by atoms with Gasteiger partial charge >= 0.3 is 0 Å². The van der Waals surface area contributed by atoms with E-state index in [0.29, 0.717) is 12.1 Å². The summed E-state index contributed by atoms with van der Waals surface area (Å²) in [6, 6.07) is 1.31. The summed E-state index contributed by atoms with van der Waals surface area (Å²) in [5.41, 5.74) is -0.0237. The second-order valence-corrected chi connectivity index (χ2v) is 6.92. The van der Waals surface area contributed by atoms with Gasteiger partial charge in [-0.25, -0.2) is 0 Å². The third kappa shape index (κ3) is 5.80. The zero-order valence-electron chi connectivity index (χ0n) is 13.8. The molecule has 3 atom stereocenters. The zero-order chi connectivity index (χ0) is 14.5. The van der Waals surface area contributed by atoms with Crippen LogP contribution in [0.1, 0.15) is 54.4 Å². The van der Waals surface area contributed by atoms with E-state index in [9.17, 15) is 0 Å². The molecule has 1 aliphatic heterocycles. The van der Waals surface area contributed by atoms with Gasteiger partial charge in [-0.15, -0.1) is 0 Å². The fourth-order valence-electron chi connectivity index (χ4n) is 2.73. The summed E-state index contributed by atoms with van der Waals surface area (Å²) in [7, 11) is 0. The Labute approximate surface area is 120 Å². The van der Waals surface area contributed by atoms with Gasteiger partial charge in [0.1, 0.15) is 0 Å². The summed E-state index contributed by atoms with van der Waals surface area (Å²) in [4.78, 5) is 2.64. The predicted molar refractivity (Wildman–Crippen MR) is 82.6 cm³/mol. The largest absolute Gasteiger partial charge is 0.375 e. The Kier molecular flexibility index (Phi) is 6.78. The van der Waals surface area contributed by atoms with E-state index in [-0.39, 0.29) is 5.60 Å². The molecule has 0 radical (unpaired) electrons. The zero-order valence-corrected chi connectivity index (χ0v) is 13.8. The molecule has 0 spiro atoms. The molecule has 1 rings (SSSR count). The first-order valence-corrected chi connectivity index (χ1v) is 7.98. The van der Waals surface area contributed by atoms with Crippen LogP contribution in [0.15, 0.2) is 0 Å².